The van der Waals surface area contributed by atoms with Crippen molar-refractivity contribution in [3.05, 3.63) is 34.6 Å². The van der Waals surface area contributed by atoms with E-state index in [-0.39, 0.29) is 42.9 Å². The van der Waals surface area contributed by atoms with Gasteiger partial charge in [0.2, 0.25) is 5.91 Å². The van der Waals surface area contributed by atoms with Gasteiger partial charge >= 0.3 is 6.09 Å². The van der Waals surface area contributed by atoms with E-state index in [1.54, 1.807) is 26.8 Å². The number of halogens is 3. The summed E-state index contributed by atoms with van der Waals surface area (Å²) in [5.74, 6) is -1.43. The molecule has 1 saturated heterocycles. The molecule has 0 aliphatic carbocycles. The van der Waals surface area contributed by atoms with Crippen molar-refractivity contribution < 1.29 is 27.9 Å². The molecule has 1 aliphatic rings. The van der Waals surface area contributed by atoms with E-state index in [0.717, 1.165) is 4.90 Å². The van der Waals surface area contributed by atoms with Gasteiger partial charge in [0.05, 0.1) is 24.2 Å². The van der Waals surface area contributed by atoms with Crippen molar-refractivity contribution in [3.8, 4) is 0 Å². The summed E-state index contributed by atoms with van der Waals surface area (Å²) < 4.78 is 34.7. The van der Waals surface area contributed by atoms with Gasteiger partial charge in [-0.25, -0.2) is 13.6 Å². The quantitative estimate of drug-likeness (QED) is 0.723. The van der Waals surface area contributed by atoms with Gasteiger partial charge in [0.1, 0.15) is 17.1 Å². The summed E-state index contributed by atoms with van der Waals surface area (Å²) in [7, 11) is 0. The summed E-state index contributed by atoms with van der Waals surface area (Å²) in [5.41, 5.74) is -2.53. The Morgan fingerprint density at radius 3 is 2.60 bits per heavy atom. The van der Waals surface area contributed by atoms with E-state index in [2.05, 4.69) is 5.32 Å². The molecule has 30 heavy (non-hydrogen) atoms. The summed E-state index contributed by atoms with van der Waals surface area (Å²) >= 11 is 5.77. The van der Waals surface area contributed by atoms with Gasteiger partial charge < -0.3 is 10.1 Å². The molecule has 1 aromatic carbocycles. The number of aryl methyl sites for hydroxylation is 1. The normalized spacial score (nSPS) is 21.4. The number of hydrogen-bond acceptors (Lipinski definition) is 4. The Bertz CT molecular complexity index is 828. The number of likely N-dealkylation sites (tertiary alicyclic amines) is 1. The molecule has 9 heteroatoms. The zero-order chi connectivity index (χ0) is 22.7. The molecule has 2 rings (SSSR count). The highest BCUT2D eigenvalue weighted by molar-refractivity contribution is 6.30. The molecule has 2 amide bonds. The lowest BCUT2D eigenvalue weighted by molar-refractivity contribution is -0.123. The lowest BCUT2D eigenvalue weighted by Crippen LogP contribution is -2.45. The van der Waals surface area contributed by atoms with Crippen LogP contribution in [0.5, 0.6) is 0 Å². The average Bonchev–Trinajstić information content (AvgIpc) is 2.98. The molecule has 0 spiro atoms. The molecule has 0 aromatic heterocycles. The molecule has 1 fully saturated rings. The Labute approximate surface area is 179 Å². The Hall–Kier alpha value is -2.22. The molecule has 1 heterocycles. The van der Waals surface area contributed by atoms with Gasteiger partial charge in [0.15, 0.2) is 5.78 Å². The fourth-order valence-electron chi connectivity index (χ4n) is 3.31. The number of ether oxygens (including phenoxy) is 1. The molecule has 0 unspecified atom stereocenters. The maximum atomic E-state index is 15.3. The second-order valence-corrected chi connectivity index (χ2v) is 8.98. The minimum absolute atomic E-state index is 0.0470. The van der Waals surface area contributed by atoms with E-state index in [0.29, 0.717) is 0 Å². The zero-order valence-corrected chi connectivity index (χ0v) is 18.3. The number of Topliss-reactive ketones (excluding diaryl/α,β-unsaturated/α-hetero) is 1. The first-order chi connectivity index (χ1) is 13.8. The van der Waals surface area contributed by atoms with Crippen LogP contribution in [0.4, 0.5) is 13.6 Å². The maximum absolute atomic E-state index is 15.3. The minimum atomic E-state index is -1.97. The topological polar surface area (TPSA) is 75.7 Å². The molecular formula is C21H27ClF2N2O4. The van der Waals surface area contributed by atoms with E-state index in [1.807, 2.05) is 0 Å². The maximum Gasteiger partial charge on any atom is 0.411 e. The first kappa shape index (κ1) is 24.1. The Balaban J connectivity index is 2.16. The van der Waals surface area contributed by atoms with Gasteiger partial charge in [0.25, 0.3) is 0 Å². The van der Waals surface area contributed by atoms with Crippen LogP contribution in [0.2, 0.25) is 5.02 Å². The second kappa shape index (κ2) is 9.29. The number of hydrogen-bond donors (Lipinski definition) is 1. The Morgan fingerprint density at radius 1 is 1.33 bits per heavy atom. The standard InChI is InChI=1S/C21H27ClF2N2O4/c1-13(27)25-11-21(24)10-16(26(12-21)19(29)30-20(2,3)4)17(28)9-8-14-6-5-7-15(22)18(14)23/h5-7,16H,8-12H2,1-4H3,(H,25,27)/t16-,21-/m0/s1. The Kier molecular flexibility index (Phi) is 7.45. The Morgan fingerprint density at radius 2 is 2.00 bits per heavy atom. The van der Waals surface area contributed by atoms with E-state index in [1.165, 1.54) is 19.1 Å². The van der Waals surface area contributed by atoms with E-state index >= 15 is 4.39 Å². The van der Waals surface area contributed by atoms with E-state index in [4.69, 9.17) is 16.3 Å². The zero-order valence-electron chi connectivity index (χ0n) is 17.6. The molecule has 6 nitrogen and oxygen atoms in total. The molecule has 0 bridgehead atoms. The van der Waals surface area contributed by atoms with Crippen molar-refractivity contribution >= 4 is 29.4 Å². The third-order valence-corrected chi connectivity index (χ3v) is 5.01. The van der Waals surface area contributed by atoms with E-state index in [9.17, 15) is 18.8 Å². The summed E-state index contributed by atoms with van der Waals surface area (Å²) in [6.07, 6.45) is -1.12. The fraction of sp³-hybridized carbons (Fsp3) is 0.571. The molecule has 1 aliphatic heterocycles. The van der Waals surface area contributed by atoms with Gasteiger partial charge in [-0.3, -0.25) is 14.5 Å². The van der Waals surface area contributed by atoms with Gasteiger partial charge in [-0.05, 0) is 38.8 Å². The van der Waals surface area contributed by atoms with Gasteiger partial charge in [-0.2, -0.15) is 0 Å². The predicted octanol–water partition coefficient (Wildman–Crippen LogP) is 3.83. The van der Waals surface area contributed by atoms with Crippen LogP contribution in [0.25, 0.3) is 0 Å². The number of benzene rings is 1. The second-order valence-electron chi connectivity index (χ2n) is 8.57. The van der Waals surface area contributed by atoms with Crippen LogP contribution in [0.1, 0.15) is 46.1 Å². The number of rotatable bonds is 6. The van der Waals surface area contributed by atoms with Gasteiger partial charge in [-0.15, -0.1) is 0 Å². The first-order valence-corrected chi connectivity index (χ1v) is 10.1. The van der Waals surface area contributed by atoms with Crippen molar-refractivity contribution in [1.29, 1.82) is 0 Å². The van der Waals surface area contributed by atoms with Crippen LogP contribution < -0.4 is 5.32 Å². The van der Waals surface area contributed by atoms with Crippen LogP contribution in [0.3, 0.4) is 0 Å². The van der Waals surface area contributed by atoms with Crippen LogP contribution in [-0.2, 0) is 20.7 Å². The van der Waals surface area contributed by atoms with E-state index < -0.39 is 40.9 Å². The largest absolute Gasteiger partial charge is 0.444 e. The molecule has 1 aromatic rings. The van der Waals surface area contributed by atoms with Crippen LogP contribution in [0, 0.1) is 5.82 Å². The SMILES string of the molecule is CC(=O)NC[C@@]1(F)C[C@@H](C(=O)CCc2cccc(Cl)c2F)N(C(=O)OC(C)(C)C)C1. The first-order valence-electron chi connectivity index (χ1n) is 9.70. The fourth-order valence-corrected chi connectivity index (χ4v) is 3.51. The lowest BCUT2D eigenvalue weighted by Gasteiger charge is -2.28. The van der Waals surface area contributed by atoms with Crippen LogP contribution >= 0.6 is 11.6 Å². The number of nitrogens with zero attached hydrogens (tertiary/aromatic N) is 1. The molecule has 2 atom stereocenters. The molecule has 1 N–H and O–H groups in total. The van der Waals surface area contributed by atoms with Crippen LogP contribution in [-0.4, -0.2) is 53.1 Å². The number of amides is 2. The van der Waals surface area contributed by atoms with Crippen LogP contribution in [0.15, 0.2) is 18.2 Å². The minimum Gasteiger partial charge on any atom is -0.444 e. The highest BCUT2D eigenvalue weighted by atomic mass is 35.5. The third-order valence-electron chi connectivity index (χ3n) is 4.72. The van der Waals surface area contributed by atoms with Crippen molar-refractivity contribution in [3.63, 3.8) is 0 Å². The van der Waals surface area contributed by atoms with Crippen molar-refractivity contribution in [1.82, 2.24) is 10.2 Å². The molecule has 166 valence electrons. The average molecular weight is 445 g/mol. The number of carbonyl (C=O) groups excluding carboxylic acids is 3. The smallest absolute Gasteiger partial charge is 0.411 e. The summed E-state index contributed by atoms with van der Waals surface area (Å²) in [6, 6.07) is 3.43. The number of ketones is 1. The van der Waals surface area contributed by atoms with Crippen molar-refractivity contribution in [2.24, 2.45) is 0 Å². The lowest BCUT2D eigenvalue weighted by atomic mass is 9.96. The third kappa shape index (κ3) is 6.39. The monoisotopic (exact) mass is 444 g/mol. The highest BCUT2D eigenvalue weighted by Crippen LogP contribution is 2.33. The number of carbonyl (C=O) groups is 3. The summed E-state index contributed by atoms with van der Waals surface area (Å²) in [4.78, 5) is 37.7. The number of alkyl halides is 1. The van der Waals surface area contributed by atoms with Crippen molar-refractivity contribution in [2.75, 3.05) is 13.1 Å². The number of nitrogens with one attached hydrogen (secondary N) is 1. The summed E-state index contributed by atoms with van der Waals surface area (Å²) in [6.45, 7) is 5.55. The molecule has 0 saturated carbocycles. The molecular weight excluding hydrogens is 418 g/mol. The van der Waals surface area contributed by atoms with Gasteiger partial charge in [0, 0.05) is 19.8 Å². The summed E-state index contributed by atoms with van der Waals surface area (Å²) in [5, 5.41) is 2.35. The molecule has 0 radical (unpaired) electrons. The van der Waals surface area contributed by atoms with Crippen molar-refractivity contribution in [2.45, 2.75) is 64.3 Å². The van der Waals surface area contributed by atoms with Gasteiger partial charge in [-0.1, -0.05) is 23.7 Å². The highest BCUT2D eigenvalue weighted by Gasteiger charge is 2.50. The predicted molar refractivity (Wildman–Crippen MR) is 109 cm³/mol.